The van der Waals surface area contributed by atoms with Crippen LogP contribution in [0.5, 0.6) is 0 Å². The SMILES string of the molecule is CCCNC(Cc1ccc2c(c1)CCC2)C(F)(F)F. The molecule has 0 aromatic heterocycles. The lowest BCUT2D eigenvalue weighted by Gasteiger charge is -2.22. The monoisotopic (exact) mass is 271 g/mol. The summed E-state index contributed by atoms with van der Waals surface area (Å²) in [4.78, 5) is 0. The van der Waals surface area contributed by atoms with Gasteiger partial charge in [0.1, 0.15) is 6.04 Å². The normalized spacial score (nSPS) is 16.4. The van der Waals surface area contributed by atoms with E-state index in [1.807, 2.05) is 25.1 Å². The molecule has 1 atom stereocenters. The Morgan fingerprint density at radius 1 is 1.21 bits per heavy atom. The number of hydrogen-bond donors (Lipinski definition) is 1. The highest BCUT2D eigenvalue weighted by Gasteiger charge is 2.39. The average Bonchev–Trinajstić information content (AvgIpc) is 2.80. The van der Waals surface area contributed by atoms with Crippen molar-refractivity contribution in [2.75, 3.05) is 6.54 Å². The maximum atomic E-state index is 12.9. The summed E-state index contributed by atoms with van der Waals surface area (Å²) in [6.45, 7) is 2.27. The molecule has 1 aromatic carbocycles. The van der Waals surface area contributed by atoms with Gasteiger partial charge in [-0.25, -0.2) is 0 Å². The van der Waals surface area contributed by atoms with Gasteiger partial charge in [0.2, 0.25) is 0 Å². The van der Waals surface area contributed by atoms with Crippen LogP contribution in [0, 0.1) is 0 Å². The van der Waals surface area contributed by atoms with Gasteiger partial charge in [-0.3, -0.25) is 0 Å². The molecule has 0 fully saturated rings. The zero-order valence-corrected chi connectivity index (χ0v) is 11.2. The lowest BCUT2D eigenvalue weighted by atomic mass is 10.0. The van der Waals surface area contributed by atoms with Crippen LogP contribution in [0.4, 0.5) is 13.2 Å². The molecule has 1 aromatic rings. The molecule has 0 saturated carbocycles. The minimum atomic E-state index is -4.19. The highest BCUT2D eigenvalue weighted by molar-refractivity contribution is 5.35. The van der Waals surface area contributed by atoms with E-state index in [1.54, 1.807) is 0 Å². The number of rotatable bonds is 5. The first-order valence-electron chi connectivity index (χ1n) is 6.91. The zero-order chi connectivity index (χ0) is 13.9. The molecule has 19 heavy (non-hydrogen) atoms. The van der Waals surface area contributed by atoms with E-state index in [2.05, 4.69) is 5.32 Å². The molecule has 1 unspecified atom stereocenters. The fourth-order valence-electron chi connectivity index (χ4n) is 2.61. The van der Waals surface area contributed by atoms with Crippen LogP contribution >= 0.6 is 0 Å². The molecule has 1 aliphatic rings. The van der Waals surface area contributed by atoms with E-state index in [0.29, 0.717) is 13.0 Å². The first-order chi connectivity index (χ1) is 9.00. The van der Waals surface area contributed by atoms with Crippen LogP contribution in [0.1, 0.15) is 36.5 Å². The topological polar surface area (TPSA) is 12.0 Å². The van der Waals surface area contributed by atoms with E-state index in [4.69, 9.17) is 0 Å². The lowest BCUT2D eigenvalue weighted by molar-refractivity contribution is -0.155. The van der Waals surface area contributed by atoms with Crippen LogP contribution < -0.4 is 5.32 Å². The molecule has 0 heterocycles. The van der Waals surface area contributed by atoms with Crippen molar-refractivity contribution in [2.24, 2.45) is 0 Å². The van der Waals surface area contributed by atoms with Crippen molar-refractivity contribution in [3.8, 4) is 0 Å². The molecule has 0 aliphatic heterocycles. The van der Waals surface area contributed by atoms with Crippen LogP contribution in [0.25, 0.3) is 0 Å². The number of alkyl halides is 3. The lowest BCUT2D eigenvalue weighted by Crippen LogP contribution is -2.44. The molecule has 0 bridgehead atoms. The van der Waals surface area contributed by atoms with Crippen molar-refractivity contribution in [1.82, 2.24) is 5.32 Å². The summed E-state index contributed by atoms with van der Waals surface area (Å²) in [6, 6.07) is 4.35. The first kappa shape index (κ1) is 14.4. The highest BCUT2D eigenvalue weighted by Crippen LogP contribution is 2.26. The summed E-state index contributed by atoms with van der Waals surface area (Å²) in [5, 5.41) is 2.60. The van der Waals surface area contributed by atoms with Gasteiger partial charge < -0.3 is 5.32 Å². The van der Waals surface area contributed by atoms with E-state index in [-0.39, 0.29) is 6.42 Å². The van der Waals surface area contributed by atoms with Crippen LogP contribution in [-0.2, 0) is 19.3 Å². The van der Waals surface area contributed by atoms with Gasteiger partial charge in [-0.05, 0) is 55.3 Å². The molecule has 1 aliphatic carbocycles. The van der Waals surface area contributed by atoms with Crippen LogP contribution in [-0.4, -0.2) is 18.8 Å². The summed E-state index contributed by atoms with van der Waals surface area (Å²) >= 11 is 0. The van der Waals surface area contributed by atoms with Gasteiger partial charge in [0, 0.05) is 0 Å². The van der Waals surface area contributed by atoms with Crippen molar-refractivity contribution in [3.05, 3.63) is 34.9 Å². The number of aryl methyl sites for hydroxylation is 2. The maximum absolute atomic E-state index is 12.9. The van der Waals surface area contributed by atoms with Gasteiger partial charge in [-0.1, -0.05) is 25.1 Å². The fourth-order valence-corrected chi connectivity index (χ4v) is 2.61. The van der Waals surface area contributed by atoms with Gasteiger partial charge in [0.15, 0.2) is 0 Å². The van der Waals surface area contributed by atoms with Crippen molar-refractivity contribution in [3.63, 3.8) is 0 Å². The predicted molar refractivity (Wildman–Crippen MR) is 70.3 cm³/mol. The molecule has 0 saturated heterocycles. The third kappa shape index (κ3) is 3.72. The summed E-state index contributed by atoms with van der Waals surface area (Å²) < 4.78 is 38.8. The molecule has 4 heteroatoms. The summed E-state index contributed by atoms with van der Waals surface area (Å²) in [5.74, 6) is 0. The molecule has 1 N–H and O–H groups in total. The van der Waals surface area contributed by atoms with E-state index in [1.165, 1.54) is 11.1 Å². The molecule has 0 amide bonds. The van der Waals surface area contributed by atoms with Crippen molar-refractivity contribution < 1.29 is 13.2 Å². The van der Waals surface area contributed by atoms with Crippen LogP contribution in [0.2, 0.25) is 0 Å². The second kappa shape index (κ2) is 5.95. The Kier molecular flexibility index (Phi) is 4.50. The van der Waals surface area contributed by atoms with Crippen molar-refractivity contribution >= 4 is 0 Å². The molecule has 0 spiro atoms. The molecule has 0 radical (unpaired) electrons. The van der Waals surface area contributed by atoms with E-state index >= 15 is 0 Å². The second-order valence-electron chi connectivity index (χ2n) is 5.21. The molecule has 106 valence electrons. The largest absolute Gasteiger partial charge is 0.404 e. The molecule has 2 rings (SSSR count). The maximum Gasteiger partial charge on any atom is 0.404 e. The Hall–Kier alpha value is -1.03. The number of halogens is 3. The molecular weight excluding hydrogens is 251 g/mol. The Morgan fingerprint density at radius 3 is 2.63 bits per heavy atom. The van der Waals surface area contributed by atoms with E-state index < -0.39 is 12.2 Å². The van der Waals surface area contributed by atoms with E-state index in [9.17, 15) is 13.2 Å². The molecular formula is C15H20F3N. The van der Waals surface area contributed by atoms with Gasteiger partial charge in [0.05, 0.1) is 0 Å². The summed E-state index contributed by atoms with van der Waals surface area (Å²) in [7, 11) is 0. The Morgan fingerprint density at radius 2 is 1.95 bits per heavy atom. The quantitative estimate of drug-likeness (QED) is 0.862. The van der Waals surface area contributed by atoms with Gasteiger partial charge in [-0.15, -0.1) is 0 Å². The predicted octanol–water partition coefficient (Wildman–Crippen LogP) is 3.65. The van der Waals surface area contributed by atoms with Crippen molar-refractivity contribution in [1.29, 1.82) is 0 Å². The minimum Gasteiger partial charge on any atom is -0.306 e. The standard InChI is InChI=1S/C15H20F3N/c1-2-8-19-14(15(16,17)18)10-11-6-7-12-4-3-5-13(12)9-11/h6-7,9,14,19H,2-5,8,10H2,1H3. The average molecular weight is 271 g/mol. The number of fused-ring (bicyclic) bond motifs is 1. The Balaban J connectivity index is 2.08. The van der Waals surface area contributed by atoms with E-state index in [0.717, 1.165) is 24.8 Å². The Labute approximate surface area is 112 Å². The van der Waals surface area contributed by atoms with Gasteiger partial charge in [-0.2, -0.15) is 13.2 Å². The first-order valence-corrected chi connectivity index (χ1v) is 6.91. The summed E-state index contributed by atoms with van der Waals surface area (Å²) in [5.41, 5.74) is 3.31. The third-order valence-electron chi connectivity index (χ3n) is 3.64. The Bertz CT molecular complexity index is 426. The van der Waals surface area contributed by atoms with Crippen LogP contribution in [0.15, 0.2) is 18.2 Å². The minimum absolute atomic E-state index is 0.0246. The number of hydrogen-bond acceptors (Lipinski definition) is 1. The molecule has 1 nitrogen and oxygen atoms in total. The zero-order valence-electron chi connectivity index (χ0n) is 11.2. The number of nitrogens with one attached hydrogen (secondary N) is 1. The smallest absolute Gasteiger partial charge is 0.306 e. The highest BCUT2D eigenvalue weighted by atomic mass is 19.4. The third-order valence-corrected chi connectivity index (χ3v) is 3.64. The fraction of sp³-hybridized carbons (Fsp3) is 0.600. The van der Waals surface area contributed by atoms with Crippen molar-refractivity contribution in [2.45, 2.75) is 51.2 Å². The second-order valence-corrected chi connectivity index (χ2v) is 5.21. The number of benzene rings is 1. The van der Waals surface area contributed by atoms with Gasteiger partial charge >= 0.3 is 6.18 Å². The van der Waals surface area contributed by atoms with Crippen LogP contribution in [0.3, 0.4) is 0 Å². The van der Waals surface area contributed by atoms with Gasteiger partial charge in [0.25, 0.3) is 0 Å². The summed E-state index contributed by atoms with van der Waals surface area (Å²) in [6.07, 6.45) is -0.272.